The highest BCUT2D eigenvalue weighted by Crippen LogP contribution is 2.55. The average molecular weight is 338 g/mol. The fourth-order valence-electron chi connectivity index (χ4n) is 2.55. The van der Waals surface area contributed by atoms with E-state index < -0.39 is 42.6 Å². The van der Waals surface area contributed by atoms with E-state index in [2.05, 4.69) is 0 Å². The molecule has 0 aliphatic rings. The monoisotopic (exact) mass is 338 g/mol. The molecule has 22 heavy (non-hydrogen) atoms. The molecule has 0 bridgehead atoms. The molecule has 0 spiro atoms. The minimum Gasteiger partial charge on any atom is -0.481 e. The van der Waals surface area contributed by atoms with Crippen molar-refractivity contribution in [3.63, 3.8) is 0 Å². The van der Waals surface area contributed by atoms with Gasteiger partial charge in [0.2, 0.25) is 0 Å². The number of rotatable bonds is 8. The van der Waals surface area contributed by atoms with E-state index in [0.29, 0.717) is 0 Å². The van der Waals surface area contributed by atoms with Crippen LogP contribution in [0, 0.1) is 5.41 Å². The first-order chi connectivity index (χ1) is 9.80. The molecule has 0 aliphatic carbocycles. The zero-order valence-corrected chi connectivity index (χ0v) is 14.7. The molecule has 7 nitrogen and oxygen atoms in total. The fourth-order valence-corrected chi connectivity index (χ4v) is 4.13. The predicted molar refractivity (Wildman–Crippen MR) is 81.6 cm³/mol. The van der Waals surface area contributed by atoms with Crippen LogP contribution in [0.2, 0.25) is 0 Å². The number of carbonyl (C=O) groups is 2. The molecular formula is C14H27O7P. The maximum atomic E-state index is 12.6. The van der Waals surface area contributed by atoms with Gasteiger partial charge in [-0.15, -0.1) is 0 Å². The zero-order valence-electron chi connectivity index (χ0n) is 13.8. The van der Waals surface area contributed by atoms with Crippen molar-refractivity contribution in [2.45, 2.75) is 71.6 Å². The van der Waals surface area contributed by atoms with Crippen LogP contribution in [-0.4, -0.2) is 38.1 Å². The van der Waals surface area contributed by atoms with Crippen LogP contribution in [-0.2, 0) is 18.9 Å². The van der Waals surface area contributed by atoms with Crippen LogP contribution in [0.15, 0.2) is 0 Å². The van der Waals surface area contributed by atoms with Gasteiger partial charge in [-0.05, 0) is 40.0 Å². The van der Waals surface area contributed by atoms with Crippen LogP contribution >= 0.6 is 7.60 Å². The second-order valence-corrected chi connectivity index (χ2v) is 8.20. The van der Waals surface area contributed by atoms with Crippen molar-refractivity contribution in [3.8, 4) is 0 Å². The van der Waals surface area contributed by atoms with E-state index in [9.17, 15) is 23.9 Å². The number of hydrogen-bond donors (Lipinski definition) is 3. The minimum atomic E-state index is -4.67. The van der Waals surface area contributed by atoms with Gasteiger partial charge in [0.15, 0.2) is 0 Å². The van der Waals surface area contributed by atoms with E-state index in [-0.39, 0.29) is 19.3 Å². The van der Waals surface area contributed by atoms with E-state index in [1.807, 2.05) is 0 Å². The van der Waals surface area contributed by atoms with Crippen molar-refractivity contribution in [2.75, 3.05) is 0 Å². The summed E-state index contributed by atoms with van der Waals surface area (Å²) in [5, 5.41) is 8.80. The molecular weight excluding hydrogens is 311 g/mol. The molecule has 0 aromatic heterocycles. The number of carbonyl (C=O) groups excluding carboxylic acids is 1. The van der Waals surface area contributed by atoms with Gasteiger partial charge in [-0.1, -0.05) is 13.8 Å². The Morgan fingerprint density at radius 2 is 1.59 bits per heavy atom. The predicted octanol–water partition coefficient (Wildman–Crippen LogP) is 2.55. The molecule has 0 rings (SSSR count). The molecule has 1 unspecified atom stereocenters. The Hall–Kier alpha value is -0.910. The summed E-state index contributed by atoms with van der Waals surface area (Å²) in [5.41, 5.74) is -3.57. The molecule has 0 aliphatic heterocycles. The second kappa shape index (κ2) is 7.57. The third-order valence-corrected chi connectivity index (χ3v) is 5.31. The first-order valence-corrected chi connectivity index (χ1v) is 8.98. The van der Waals surface area contributed by atoms with E-state index in [1.54, 1.807) is 34.6 Å². The molecule has 0 saturated heterocycles. The van der Waals surface area contributed by atoms with Crippen LogP contribution in [0.1, 0.15) is 60.3 Å². The molecule has 0 fully saturated rings. The van der Waals surface area contributed by atoms with Gasteiger partial charge in [0.25, 0.3) is 0 Å². The summed E-state index contributed by atoms with van der Waals surface area (Å²) in [4.78, 5) is 42.6. The maximum absolute atomic E-state index is 12.6. The van der Waals surface area contributed by atoms with E-state index in [0.717, 1.165) is 0 Å². The Morgan fingerprint density at radius 1 is 1.14 bits per heavy atom. The van der Waals surface area contributed by atoms with Gasteiger partial charge in [-0.25, -0.2) is 0 Å². The van der Waals surface area contributed by atoms with Crippen molar-refractivity contribution in [1.82, 2.24) is 0 Å². The number of ether oxygens (including phenoxy) is 1. The third-order valence-electron chi connectivity index (χ3n) is 3.74. The normalized spacial score (nSPS) is 14.5. The molecule has 130 valence electrons. The van der Waals surface area contributed by atoms with Crippen molar-refractivity contribution >= 4 is 19.5 Å². The Morgan fingerprint density at radius 3 is 1.86 bits per heavy atom. The third kappa shape index (κ3) is 5.71. The van der Waals surface area contributed by atoms with Crippen molar-refractivity contribution < 1.29 is 33.8 Å². The van der Waals surface area contributed by atoms with Gasteiger partial charge in [-0.2, -0.15) is 0 Å². The summed E-state index contributed by atoms with van der Waals surface area (Å²) in [6, 6.07) is 0. The number of hydrogen-bond acceptors (Lipinski definition) is 4. The van der Waals surface area contributed by atoms with E-state index >= 15 is 0 Å². The van der Waals surface area contributed by atoms with Gasteiger partial charge in [0.05, 0.1) is 11.1 Å². The summed E-state index contributed by atoms with van der Waals surface area (Å²) in [6.45, 7) is 8.31. The van der Waals surface area contributed by atoms with Crippen LogP contribution in [0.5, 0.6) is 0 Å². The Kier molecular flexibility index (Phi) is 7.26. The highest BCUT2D eigenvalue weighted by molar-refractivity contribution is 7.52. The van der Waals surface area contributed by atoms with Gasteiger partial charge in [0.1, 0.15) is 5.60 Å². The summed E-state index contributed by atoms with van der Waals surface area (Å²) < 4.78 is 17.2. The van der Waals surface area contributed by atoms with Crippen molar-refractivity contribution in [3.05, 3.63) is 0 Å². The molecule has 0 aromatic carbocycles. The SMILES string of the molecule is CCC(CC)(C(=O)OC(C)(C)C)C(CCC(=O)O)P(=O)(O)O. The Balaban J connectivity index is 5.75. The minimum absolute atomic E-state index is 0.161. The molecule has 1 atom stereocenters. The largest absolute Gasteiger partial charge is 0.481 e. The highest BCUT2D eigenvalue weighted by atomic mass is 31.2. The average Bonchev–Trinajstić information content (AvgIpc) is 2.30. The summed E-state index contributed by atoms with van der Waals surface area (Å²) in [7, 11) is -4.67. The van der Waals surface area contributed by atoms with Crippen LogP contribution in [0.3, 0.4) is 0 Å². The van der Waals surface area contributed by atoms with Gasteiger partial charge < -0.3 is 19.6 Å². The fraction of sp³-hybridized carbons (Fsp3) is 0.857. The Labute approximate surface area is 131 Å². The highest BCUT2D eigenvalue weighted by Gasteiger charge is 2.52. The lowest BCUT2D eigenvalue weighted by molar-refractivity contribution is -0.169. The number of esters is 1. The second-order valence-electron chi connectivity index (χ2n) is 6.40. The number of aliphatic carboxylic acids is 1. The summed E-state index contributed by atoms with van der Waals surface area (Å²) in [5.74, 6) is -1.85. The maximum Gasteiger partial charge on any atom is 0.329 e. The molecule has 8 heteroatoms. The van der Waals surface area contributed by atoms with Crippen LogP contribution in [0.4, 0.5) is 0 Å². The number of carboxylic acid groups (broad SMARTS) is 1. The van der Waals surface area contributed by atoms with Crippen LogP contribution < -0.4 is 0 Å². The van der Waals surface area contributed by atoms with E-state index in [1.165, 1.54) is 0 Å². The molecule has 0 radical (unpaired) electrons. The molecule has 3 N–H and O–H groups in total. The zero-order chi connectivity index (χ0) is 17.8. The van der Waals surface area contributed by atoms with Gasteiger partial charge >= 0.3 is 19.5 Å². The lowest BCUT2D eigenvalue weighted by atomic mass is 9.77. The smallest absolute Gasteiger partial charge is 0.329 e. The summed E-state index contributed by atoms with van der Waals surface area (Å²) in [6.07, 6.45) is -0.373. The molecule has 0 saturated carbocycles. The first-order valence-electron chi connectivity index (χ1n) is 7.30. The quantitative estimate of drug-likeness (QED) is 0.459. The molecule has 0 heterocycles. The van der Waals surface area contributed by atoms with Crippen LogP contribution in [0.25, 0.3) is 0 Å². The Bertz CT molecular complexity index is 443. The lowest BCUT2D eigenvalue weighted by Crippen LogP contribution is -2.45. The molecule has 0 amide bonds. The van der Waals surface area contributed by atoms with Gasteiger partial charge in [0, 0.05) is 6.42 Å². The first kappa shape index (κ1) is 21.1. The lowest BCUT2D eigenvalue weighted by Gasteiger charge is -2.39. The molecule has 0 aromatic rings. The topological polar surface area (TPSA) is 121 Å². The number of carboxylic acids is 1. The standard InChI is InChI=1S/C14H27O7P/c1-6-14(7-2,12(17)21-13(3,4)5)10(22(18,19)20)8-9-11(15)16/h10H,6-9H2,1-5H3,(H,15,16)(H2,18,19,20). The van der Waals surface area contributed by atoms with Gasteiger partial charge in [-0.3, -0.25) is 14.2 Å². The van der Waals surface area contributed by atoms with Crippen molar-refractivity contribution in [1.29, 1.82) is 0 Å². The van der Waals surface area contributed by atoms with E-state index in [4.69, 9.17) is 9.84 Å². The van der Waals surface area contributed by atoms with Crippen molar-refractivity contribution in [2.24, 2.45) is 5.41 Å². The summed E-state index contributed by atoms with van der Waals surface area (Å²) >= 11 is 0.